The van der Waals surface area contributed by atoms with Crippen molar-refractivity contribution in [3.8, 4) is 0 Å². The zero-order valence-corrected chi connectivity index (χ0v) is 6.59. The lowest BCUT2D eigenvalue weighted by Crippen LogP contribution is -2.42. The molecule has 2 aliphatic heterocycles. The van der Waals surface area contributed by atoms with Gasteiger partial charge in [0.1, 0.15) is 0 Å². The predicted molar refractivity (Wildman–Crippen MR) is 41.7 cm³/mol. The summed E-state index contributed by atoms with van der Waals surface area (Å²) in [6.45, 7) is 5.70. The average molecular weight is 140 g/mol. The van der Waals surface area contributed by atoms with Gasteiger partial charge in [0.25, 0.3) is 0 Å². The van der Waals surface area contributed by atoms with Gasteiger partial charge in [0.05, 0.1) is 0 Å². The Bertz CT molecular complexity index is 129. The monoisotopic (exact) mass is 140 g/mol. The molecule has 1 saturated carbocycles. The number of hydrogen-bond donors (Lipinski definition) is 1. The van der Waals surface area contributed by atoms with Crippen molar-refractivity contribution in [1.82, 2.24) is 4.90 Å². The van der Waals surface area contributed by atoms with Gasteiger partial charge in [-0.2, -0.15) is 0 Å². The molecule has 2 nitrogen and oxygen atoms in total. The highest BCUT2D eigenvalue weighted by molar-refractivity contribution is 5.03. The van der Waals surface area contributed by atoms with Crippen LogP contribution < -0.4 is 5.73 Å². The Balaban J connectivity index is 1.99. The smallest absolute Gasteiger partial charge is 0.0142 e. The van der Waals surface area contributed by atoms with Gasteiger partial charge in [0, 0.05) is 12.6 Å². The van der Waals surface area contributed by atoms with Crippen molar-refractivity contribution >= 4 is 0 Å². The second-order valence-electron chi connectivity index (χ2n) is 3.55. The van der Waals surface area contributed by atoms with E-state index in [0.717, 1.165) is 24.4 Å². The molecule has 0 spiro atoms. The first-order valence-electron chi connectivity index (χ1n) is 4.31. The lowest BCUT2D eigenvalue weighted by Gasteiger charge is -2.35. The quantitative estimate of drug-likeness (QED) is 0.597. The van der Waals surface area contributed by atoms with Gasteiger partial charge in [0.15, 0.2) is 0 Å². The first-order chi connectivity index (χ1) is 4.86. The molecule has 2 heterocycles. The Morgan fingerprint density at radius 1 is 1.60 bits per heavy atom. The summed E-state index contributed by atoms with van der Waals surface area (Å²) in [6, 6.07) is 0.861. The summed E-state index contributed by atoms with van der Waals surface area (Å²) in [5.74, 6) is 1.80. The minimum absolute atomic E-state index is 0.847. The molecule has 3 rings (SSSR count). The Kier molecular flexibility index (Phi) is 1.46. The molecule has 58 valence electrons. The molecule has 2 saturated heterocycles. The fourth-order valence-electron chi connectivity index (χ4n) is 2.56. The van der Waals surface area contributed by atoms with Crippen molar-refractivity contribution < 1.29 is 0 Å². The Labute approximate surface area is 62.4 Å². The van der Waals surface area contributed by atoms with Crippen molar-refractivity contribution in [2.75, 3.05) is 19.6 Å². The number of fused-ring (bicyclic) bond motifs is 1. The molecule has 2 heteroatoms. The fourth-order valence-corrected chi connectivity index (χ4v) is 2.56. The molecule has 10 heavy (non-hydrogen) atoms. The SMILES string of the molecule is CCN1CC2CC1C2CN. The van der Waals surface area contributed by atoms with E-state index in [2.05, 4.69) is 11.8 Å². The average Bonchev–Trinajstić information content (AvgIpc) is 2.42. The maximum atomic E-state index is 5.64. The van der Waals surface area contributed by atoms with E-state index in [4.69, 9.17) is 5.73 Å². The van der Waals surface area contributed by atoms with Gasteiger partial charge < -0.3 is 10.6 Å². The molecule has 3 aliphatic rings. The lowest BCUT2D eigenvalue weighted by molar-refractivity contribution is 0.165. The van der Waals surface area contributed by atoms with Gasteiger partial charge >= 0.3 is 0 Å². The third-order valence-electron chi connectivity index (χ3n) is 3.26. The van der Waals surface area contributed by atoms with Gasteiger partial charge in [-0.25, -0.2) is 0 Å². The molecule has 2 N–H and O–H groups in total. The van der Waals surface area contributed by atoms with E-state index in [-0.39, 0.29) is 0 Å². The van der Waals surface area contributed by atoms with E-state index in [1.807, 2.05) is 0 Å². The highest BCUT2D eigenvalue weighted by Gasteiger charge is 2.49. The van der Waals surface area contributed by atoms with Crippen molar-refractivity contribution in [3.05, 3.63) is 0 Å². The molecule has 0 aromatic heterocycles. The molecule has 0 amide bonds. The van der Waals surface area contributed by atoms with E-state index in [1.165, 1.54) is 19.5 Å². The van der Waals surface area contributed by atoms with Crippen molar-refractivity contribution in [1.29, 1.82) is 0 Å². The van der Waals surface area contributed by atoms with E-state index in [0.29, 0.717) is 0 Å². The molecule has 0 aromatic rings. The maximum Gasteiger partial charge on any atom is 0.0142 e. The molecule has 3 fully saturated rings. The standard InChI is InChI=1S/C8H16N2/c1-2-10-5-6-3-8(10)7(6)4-9/h6-8H,2-5,9H2,1H3. The van der Waals surface area contributed by atoms with Gasteiger partial charge in [-0.15, -0.1) is 0 Å². The largest absolute Gasteiger partial charge is 0.330 e. The third-order valence-corrected chi connectivity index (χ3v) is 3.26. The number of rotatable bonds is 2. The second kappa shape index (κ2) is 2.21. The number of hydrogen-bond acceptors (Lipinski definition) is 2. The van der Waals surface area contributed by atoms with E-state index >= 15 is 0 Å². The first-order valence-corrected chi connectivity index (χ1v) is 4.31. The molecular weight excluding hydrogens is 124 g/mol. The zero-order chi connectivity index (χ0) is 7.14. The lowest BCUT2D eigenvalue weighted by atomic mass is 9.74. The fraction of sp³-hybridized carbons (Fsp3) is 1.00. The number of nitrogens with zero attached hydrogens (tertiary/aromatic N) is 1. The molecular formula is C8H16N2. The van der Waals surface area contributed by atoms with Crippen LogP contribution in [-0.2, 0) is 0 Å². The normalized spacial score (nSPS) is 45.6. The van der Waals surface area contributed by atoms with Crippen molar-refractivity contribution in [3.63, 3.8) is 0 Å². The number of nitrogens with two attached hydrogens (primary N) is 1. The summed E-state index contributed by atoms with van der Waals surface area (Å²) in [4.78, 5) is 2.57. The van der Waals surface area contributed by atoms with Crippen molar-refractivity contribution in [2.45, 2.75) is 19.4 Å². The van der Waals surface area contributed by atoms with Crippen LogP contribution in [-0.4, -0.2) is 30.6 Å². The molecule has 0 aromatic carbocycles. The van der Waals surface area contributed by atoms with Crippen LogP contribution >= 0.6 is 0 Å². The minimum atomic E-state index is 0.847. The Morgan fingerprint density at radius 2 is 2.40 bits per heavy atom. The summed E-state index contributed by atoms with van der Waals surface area (Å²) in [5.41, 5.74) is 5.64. The van der Waals surface area contributed by atoms with Crippen LogP contribution in [0.25, 0.3) is 0 Å². The van der Waals surface area contributed by atoms with Crippen LogP contribution in [0.3, 0.4) is 0 Å². The van der Waals surface area contributed by atoms with E-state index in [1.54, 1.807) is 0 Å². The zero-order valence-electron chi connectivity index (χ0n) is 6.59. The maximum absolute atomic E-state index is 5.64. The van der Waals surface area contributed by atoms with E-state index in [9.17, 15) is 0 Å². The summed E-state index contributed by atoms with van der Waals surface area (Å²) in [5, 5.41) is 0. The van der Waals surface area contributed by atoms with Crippen LogP contribution in [0.4, 0.5) is 0 Å². The highest BCUT2D eigenvalue weighted by Crippen LogP contribution is 2.45. The second-order valence-corrected chi connectivity index (χ2v) is 3.55. The Morgan fingerprint density at radius 3 is 2.80 bits per heavy atom. The summed E-state index contributed by atoms with van der Waals surface area (Å²) >= 11 is 0. The minimum Gasteiger partial charge on any atom is -0.330 e. The van der Waals surface area contributed by atoms with Gasteiger partial charge in [-0.3, -0.25) is 0 Å². The van der Waals surface area contributed by atoms with Crippen LogP contribution in [0.15, 0.2) is 0 Å². The molecule has 3 unspecified atom stereocenters. The highest BCUT2D eigenvalue weighted by atomic mass is 15.2. The summed E-state index contributed by atoms with van der Waals surface area (Å²) < 4.78 is 0. The van der Waals surface area contributed by atoms with Crippen LogP contribution in [0, 0.1) is 11.8 Å². The van der Waals surface area contributed by atoms with Gasteiger partial charge in [0.2, 0.25) is 0 Å². The molecule has 1 aliphatic carbocycles. The molecule has 0 radical (unpaired) electrons. The summed E-state index contributed by atoms with van der Waals surface area (Å²) in [6.07, 6.45) is 1.43. The van der Waals surface area contributed by atoms with Crippen LogP contribution in [0.2, 0.25) is 0 Å². The Hall–Kier alpha value is -0.0800. The van der Waals surface area contributed by atoms with Gasteiger partial charge in [-0.05, 0) is 31.3 Å². The van der Waals surface area contributed by atoms with Crippen LogP contribution in [0.5, 0.6) is 0 Å². The molecule has 3 atom stereocenters. The van der Waals surface area contributed by atoms with Crippen LogP contribution in [0.1, 0.15) is 13.3 Å². The predicted octanol–water partition coefficient (Wildman–Crippen LogP) is 0.285. The van der Waals surface area contributed by atoms with Crippen molar-refractivity contribution in [2.24, 2.45) is 17.6 Å². The molecule has 2 bridgehead atoms. The first kappa shape index (κ1) is 6.62. The van der Waals surface area contributed by atoms with Gasteiger partial charge in [-0.1, -0.05) is 6.92 Å². The third kappa shape index (κ3) is 0.663. The van der Waals surface area contributed by atoms with E-state index < -0.39 is 0 Å². The topological polar surface area (TPSA) is 29.3 Å². The summed E-state index contributed by atoms with van der Waals surface area (Å²) in [7, 11) is 0.